The number of hydrogen-bond acceptors (Lipinski definition) is 5. The van der Waals surface area contributed by atoms with Gasteiger partial charge in [0.2, 0.25) is 6.39 Å². The van der Waals surface area contributed by atoms with Crippen LogP contribution < -0.4 is 11.1 Å². The van der Waals surface area contributed by atoms with Crippen LogP contribution in [0.1, 0.15) is 27.3 Å². The highest BCUT2D eigenvalue weighted by molar-refractivity contribution is 5.96. The molecule has 0 bridgehead atoms. The van der Waals surface area contributed by atoms with E-state index < -0.39 is 0 Å². The second-order valence-corrected chi connectivity index (χ2v) is 4.09. The fraction of sp³-hybridized carbons (Fsp3) is 0.214. The van der Waals surface area contributed by atoms with Gasteiger partial charge in [0.15, 0.2) is 5.82 Å². The zero-order valence-electron chi connectivity index (χ0n) is 11.0. The maximum atomic E-state index is 12.2. The van der Waals surface area contributed by atoms with Crippen LogP contribution in [0.5, 0.6) is 0 Å². The fourth-order valence-electron chi connectivity index (χ4n) is 1.63. The Labute approximate surface area is 116 Å². The van der Waals surface area contributed by atoms with Gasteiger partial charge in [0.1, 0.15) is 0 Å². The molecule has 0 aliphatic rings. The molecule has 2 aromatic rings. The molecule has 0 radical (unpaired) electrons. The van der Waals surface area contributed by atoms with Crippen LogP contribution in [0.4, 0.5) is 0 Å². The lowest BCUT2D eigenvalue weighted by atomic mass is 10.0. The Balaban J connectivity index is 2.17. The first-order chi connectivity index (χ1) is 9.70. The number of hydrogen-bond donors (Lipinski definition) is 2. The van der Waals surface area contributed by atoms with Gasteiger partial charge in [-0.25, -0.2) is 0 Å². The summed E-state index contributed by atoms with van der Waals surface area (Å²) < 4.78 is 4.60. The number of carbonyl (C=O) groups is 1. The summed E-state index contributed by atoms with van der Waals surface area (Å²) in [5.74, 6) is 5.82. The van der Waals surface area contributed by atoms with Crippen molar-refractivity contribution in [3.05, 3.63) is 47.1 Å². The average Bonchev–Trinajstić information content (AvgIpc) is 2.96. The fourth-order valence-corrected chi connectivity index (χ4v) is 1.63. The third-order valence-corrected chi connectivity index (χ3v) is 2.56. The van der Waals surface area contributed by atoms with Crippen molar-refractivity contribution in [1.29, 1.82) is 0 Å². The molecule has 3 N–H and O–H groups in total. The summed E-state index contributed by atoms with van der Waals surface area (Å²) in [6, 6.07) is 5.49. The van der Waals surface area contributed by atoms with Crippen LogP contribution in [0.2, 0.25) is 0 Å². The maximum absolute atomic E-state index is 12.2. The van der Waals surface area contributed by atoms with Crippen molar-refractivity contribution < 1.29 is 9.32 Å². The number of carbonyl (C=O) groups excluding carboxylic acids is 1. The molecule has 0 unspecified atom stereocenters. The van der Waals surface area contributed by atoms with E-state index in [0.29, 0.717) is 17.0 Å². The van der Waals surface area contributed by atoms with E-state index in [4.69, 9.17) is 5.73 Å². The van der Waals surface area contributed by atoms with Gasteiger partial charge in [0, 0.05) is 5.56 Å². The Kier molecular flexibility index (Phi) is 4.47. The lowest BCUT2D eigenvalue weighted by molar-refractivity contribution is 0.0949. The van der Waals surface area contributed by atoms with Crippen LogP contribution in [0.15, 0.2) is 29.1 Å². The van der Waals surface area contributed by atoms with E-state index in [9.17, 15) is 4.79 Å². The van der Waals surface area contributed by atoms with Crippen molar-refractivity contribution in [3.8, 4) is 11.8 Å². The van der Waals surface area contributed by atoms with E-state index in [1.165, 1.54) is 6.39 Å². The summed E-state index contributed by atoms with van der Waals surface area (Å²) in [4.78, 5) is 16.0. The van der Waals surface area contributed by atoms with Crippen LogP contribution in [0.3, 0.4) is 0 Å². The summed E-state index contributed by atoms with van der Waals surface area (Å²) in [6.45, 7) is 2.36. The second-order valence-electron chi connectivity index (χ2n) is 4.09. The molecule has 0 spiro atoms. The second kappa shape index (κ2) is 6.50. The largest absolute Gasteiger partial charge is 0.345 e. The Morgan fingerprint density at radius 1 is 1.50 bits per heavy atom. The first kappa shape index (κ1) is 13.8. The molecule has 1 amide bonds. The molecule has 0 aliphatic heterocycles. The minimum absolute atomic E-state index is 0.201. The molecule has 1 aromatic carbocycles. The third kappa shape index (κ3) is 3.43. The Hall–Kier alpha value is -2.65. The number of aromatic nitrogens is 2. The van der Waals surface area contributed by atoms with Crippen LogP contribution in [0, 0.1) is 18.8 Å². The predicted molar refractivity (Wildman–Crippen MR) is 72.6 cm³/mol. The number of nitrogens with two attached hydrogens (primary N) is 1. The average molecular weight is 270 g/mol. The van der Waals surface area contributed by atoms with Gasteiger partial charge >= 0.3 is 0 Å². The molecule has 2 rings (SSSR count). The van der Waals surface area contributed by atoms with Crippen LogP contribution in [-0.4, -0.2) is 22.6 Å². The van der Waals surface area contributed by atoms with E-state index in [0.717, 1.165) is 5.56 Å². The highest BCUT2D eigenvalue weighted by Gasteiger charge is 2.11. The lowest BCUT2D eigenvalue weighted by Crippen LogP contribution is -2.24. The third-order valence-electron chi connectivity index (χ3n) is 2.56. The number of amides is 1. The number of nitrogens with zero attached hydrogens (tertiary/aromatic N) is 2. The zero-order chi connectivity index (χ0) is 14.4. The van der Waals surface area contributed by atoms with Crippen molar-refractivity contribution in [2.45, 2.75) is 13.5 Å². The van der Waals surface area contributed by atoms with Crippen molar-refractivity contribution in [1.82, 2.24) is 15.5 Å². The number of rotatable bonds is 3. The van der Waals surface area contributed by atoms with Crippen molar-refractivity contribution in [2.75, 3.05) is 6.54 Å². The lowest BCUT2D eigenvalue weighted by Gasteiger charge is -2.06. The van der Waals surface area contributed by atoms with E-state index >= 15 is 0 Å². The minimum Gasteiger partial charge on any atom is -0.345 e. The van der Waals surface area contributed by atoms with E-state index in [1.54, 1.807) is 12.1 Å². The van der Waals surface area contributed by atoms with Gasteiger partial charge < -0.3 is 15.6 Å². The molecule has 0 aliphatic carbocycles. The molecule has 0 saturated carbocycles. The van der Waals surface area contributed by atoms with E-state index in [1.807, 2.05) is 13.0 Å². The minimum atomic E-state index is -0.236. The van der Waals surface area contributed by atoms with Crippen LogP contribution >= 0.6 is 0 Å². The molecule has 20 heavy (non-hydrogen) atoms. The normalized spacial score (nSPS) is 9.70. The van der Waals surface area contributed by atoms with Crippen LogP contribution in [0.25, 0.3) is 0 Å². The molecule has 0 fully saturated rings. The van der Waals surface area contributed by atoms with E-state index in [2.05, 4.69) is 31.8 Å². The SMILES string of the molecule is Cc1ccc(C#CCN)c(C(=O)NCc2ncon2)c1. The highest BCUT2D eigenvalue weighted by Crippen LogP contribution is 2.11. The maximum Gasteiger partial charge on any atom is 0.252 e. The van der Waals surface area contributed by atoms with Gasteiger partial charge in [0.25, 0.3) is 5.91 Å². The van der Waals surface area contributed by atoms with Gasteiger partial charge in [-0.1, -0.05) is 28.6 Å². The first-order valence-electron chi connectivity index (χ1n) is 6.03. The molecule has 6 heteroatoms. The quantitative estimate of drug-likeness (QED) is 0.797. The van der Waals surface area contributed by atoms with Gasteiger partial charge in [-0.05, 0) is 19.1 Å². The predicted octanol–water partition coefficient (Wildman–Crippen LogP) is 0.618. The summed E-state index contributed by atoms with van der Waals surface area (Å²) >= 11 is 0. The van der Waals surface area contributed by atoms with Crippen molar-refractivity contribution in [2.24, 2.45) is 5.73 Å². The Morgan fingerprint density at radius 3 is 3.05 bits per heavy atom. The Morgan fingerprint density at radius 2 is 2.35 bits per heavy atom. The summed E-state index contributed by atoms with van der Waals surface area (Å²) in [7, 11) is 0. The smallest absolute Gasteiger partial charge is 0.252 e. The molecule has 0 saturated heterocycles. The number of nitrogens with one attached hydrogen (secondary N) is 1. The van der Waals surface area contributed by atoms with Gasteiger partial charge in [-0.15, -0.1) is 0 Å². The van der Waals surface area contributed by atoms with Crippen LogP contribution in [-0.2, 0) is 6.54 Å². The highest BCUT2D eigenvalue weighted by atomic mass is 16.5. The molecule has 1 heterocycles. The van der Waals surface area contributed by atoms with Gasteiger partial charge in [0.05, 0.1) is 18.7 Å². The molecule has 6 nitrogen and oxygen atoms in total. The number of aryl methyl sites for hydroxylation is 1. The summed E-state index contributed by atoms with van der Waals surface area (Å²) in [5.41, 5.74) is 7.49. The molecular formula is C14H14N4O2. The number of benzene rings is 1. The monoisotopic (exact) mass is 270 g/mol. The van der Waals surface area contributed by atoms with Gasteiger partial charge in [-0.3, -0.25) is 4.79 Å². The summed E-state index contributed by atoms with van der Waals surface area (Å²) in [5, 5.41) is 6.35. The van der Waals surface area contributed by atoms with Crippen molar-refractivity contribution >= 4 is 5.91 Å². The van der Waals surface area contributed by atoms with Gasteiger partial charge in [-0.2, -0.15) is 4.98 Å². The topological polar surface area (TPSA) is 94.0 Å². The molecular weight excluding hydrogens is 256 g/mol. The van der Waals surface area contributed by atoms with E-state index in [-0.39, 0.29) is 19.0 Å². The summed E-state index contributed by atoms with van der Waals surface area (Å²) in [6.07, 6.45) is 1.21. The standard InChI is InChI=1S/C14H14N4O2/c1-10-4-5-11(3-2-6-15)12(7-10)14(19)16-8-13-17-9-20-18-13/h4-5,7,9H,6,8,15H2,1H3,(H,16,19). The first-order valence-corrected chi connectivity index (χ1v) is 6.03. The zero-order valence-corrected chi connectivity index (χ0v) is 11.0. The Bertz CT molecular complexity index is 654. The molecule has 1 aromatic heterocycles. The van der Waals surface area contributed by atoms with Crippen molar-refractivity contribution in [3.63, 3.8) is 0 Å². The molecule has 0 atom stereocenters. The molecule has 102 valence electrons.